The number of nitrogens with two attached hydrogens (primary N) is 1. The number of carbonyl (C=O) groups is 2. The third kappa shape index (κ3) is 4.53. The van der Waals surface area contributed by atoms with Gasteiger partial charge in [0, 0.05) is 0 Å². The maximum absolute atomic E-state index is 12.6. The Bertz CT molecular complexity index is 420. The van der Waals surface area contributed by atoms with Crippen LogP contribution in [-0.4, -0.2) is 49.5 Å². The van der Waals surface area contributed by atoms with Crippen molar-refractivity contribution in [2.45, 2.75) is 13.1 Å². The topological polar surface area (TPSA) is 106 Å². The lowest BCUT2D eigenvalue weighted by Crippen LogP contribution is -2.38. The number of halogens is 3. The molecule has 0 aromatic heterocycles. The minimum atomic E-state index is -5.01. The summed E-state index contributed by atoms with van der Waals surface area (Å²) in [5, 5.41) is 7.81. The fourth-order valence-electron chi connectivity index (χ4n) is 1.15. The highest BCUT2D eigenvalue weighted by Crippen LogP contribution is 2.26. The Morgan fingerprint density at radius 1 is 1.45 bits per heavy atom. The van der Waals surface area contributed by atoms with Gasteiger partial charge < -0.3 is 15.3 Å². The lowest BCUT2D eigenvalue weighted by molar-refractivity contribution is -0.138. The number of allylic oxidation sites excluding steroid dienone is 1. The molecule has 0 saturated heterocycles. The molecule has 0 saturated carbocycles. The average Bonchev–Trinajstić information content (AvgIpc) is 2.36. The first-order valence-corrected chi connectivity index (χ1v) is 5.28. The molecule has 20 heavy (non-hydrogen) atoms. The zero-order chi connectivity index (χ0) is 15.9. The van der Waals surface area contributed by atoms with Gasteiger partial charge in [-0.2, -0.15) is 13.2 Å². The molecule has 0 amide bonds. The predicted molar refractivity (Wildman–Crippen MR) is 61.4 cm³/mol. The number of hydrogen-bond acceptors (Lipinski definition) is 7. The van der Waals surface area contributed by atoms with Crippen molar-refractivity contribution in [2.75, 3.05) is 20.3 Å². The van der Waals surface area contributed by atoms with E-state index in [1.54, 1.807) is 0 Å². The van der Waals surface area contributed by atoms with Crippen LogP contribution in [0.1, 0.15) is 6.92 Å². The standard InChI is InChI=1S/C10H14F3N3O4/c1-3-20-9(18)6(14)7(8(15)10(11,12)13)16(19-2)4-5-17/h5,14H,3-4,15H2,1-2H3. The van der Waals surface area contributed by atoms with E-state index in [0.29, 0.717) is 5.06 Å². The highest BCUT2D eigenvalue weighted by molar-refractivity contribution is 6.41. The van der Waals surface area contributed by atoms with Gasteiger partial charge in [0.2, 0.25) is 0 Å². The minimum absolute atomic E-state index is 0.138. The second-order valence-corrected chi connectivity index (χ2v) is 3.27. The Balaban J connectivity index is 5.77. The fraction of sp³-hybridized carbons (Fsp3) is 0.500. The molecular weight excluding hydrogens is 283 g/mol. The van der Waals surface area contributed by atoms with Gasteiger partial charge in [0.05, 0.1) is 13.7 Å². The summed E-state index contributed by atoms with van der Waals surface area (Å²) < 4.78 is 42.4. The van der Waals surface area contributed by atoms with Gasteiger partial charge in [0.1, 0.15) is 24.2 Å². The molecule has 0 fully saturated rings. The number of hydrogen-bond donors (Lipinski definition) is 2. The van der Waals surface area contributed by atoms with Crippen molar-refractivity contribution < 1.29 is 32.3 Å². The van der Waals surface area contributed by atoms with Crippen LogP contribution in [0.15, 0.2) is 11.4 Å². The van der Waals surface area contributed by atoms with Gasteiger partial charge in [-0.25, -0.2) is 9.86 Å². The van der Waals surface area contributed by atoms with Crippen molar-refractivity contribution in [3.05, 3.63) is 11.4 Å². The molecule has 114 valence electrons. The van der Waals surface area contributed by atoms with Crippen LogP contribution in [-0.2, 0) is 19.2 Å². The molecule has 0 rings (SSSR count). The van der Waals surface area contributed by atoms with Crippen LogP contribution in [0.3, 0.4) is 0 Å². The van der Waals surface area contributed by atoms with Crippen molar-refractivity contribution in [3.8, 4) is 0 Å². The van der Waals surface area contributed by atoms with Crippen LogP contribution in [0.2, 0.25) is 0 Å². The van der Waals surface area contributed by atoms with Crippen LogP contribution in [0.4, 0.5) is 13.2 Å². The highest BCUT2D eigenvalue weighted by atomic mass is 19.4. The summed E-state index contributed by atoms with van der Waals surface area (Å²) in [5.41, 5.74) is 0.928. The number of carbonyl (C=O) groups excluding carboxylic acids is 2. The smallest absolute Gasteiger partial charge is 0.432 e. The van der Waals surface area contributed by atoms with E-state index >= 15 is 0 Å². The molecule has 7 nitrogen and oxygen atoms in total. The SMILES string of the molecule is CCOC(=O)C(=N)C(=C(N)C(F)(F)F)N(CC=O)OC. The Labute approximate surface area is 112 Å². The molecule has 0 atom stereocenters. The number of aldehydes is 1. The molecule has 0 spiro atoms. The van der Waals surface area contributed by atoms with Gasteiger partial charge in [0.15, 0.2) is 5.71 Å². The first-order chi connectivity index (χ1) is 9.20. The van der Waals surface area contributed by atoms with Crippen LogP contribution in [0.5, 0.6) is 0 Å². The van der Waals surface area contributed by atoms with E-state index in [1.165, 1.54) is 6.92 Å². The highest BCUT2D eigenvalue weighted by Gasteiger charge is 2.39. The molecule has 0 bridgehead atoms. The van der Waals surface area contributed by atoms with Crippen molar-refractivity contribution in [1.82, 2.24) is 5.06 Å². The van der Waals surface area contributed by atoms with Crippen LogP contribution in [0.25, 0.3) is 0 Å². The molecule has 0 aliphatic carbocycles. The van der Waals surface area contributed by atoms with E-state index in [-0.39, 0.29) is 12.9 Å². The van der Waals surface area contributed by atoms with Crippen molar-refractivity contribution in [3.63, 3.8) is 0 Å². The minimum Gasteiger partial charge on any atom is -0.461 e. The maximum atomic E-state index is 12.6. The van der Waals surface area contributed by atoms with Gasteiger partial charge in [0.25, 0.3) is 0 Å². The van der Waals surface area contributed by atoms with E-state index in [2.05, 4.69) is 9.57 Å². The summed E-state index contributed by atoms with van der Waals surface area (Å²) in [7, 11) is 0.964. The number of nitrogens with one attached hydrogen (secondary N) is 1. The molecular formula is C10H14F3N3O4. The molecule has 0 heterocycles. The quantitative estimate of drug-likeness (QED) is 0.304. The maximum Gasteiger partial charge on any atom is 0.432 e. The van der Waals surface area contributed by atoms with E-state index in [0.717, 1.165) is 7.11 Å². The number of esters is 1. The fourth-order valence-corrected chi connectivity index (χ4v) is 1.15. The van der Waals surface area contributed by atoms with Crippen LogP contribution in [0, 0.1) is 5.41 Å². The summed E-state index contributed by atoms with van der Waals surface area (Å²) in [4.78, 5) is 26.3. The largest absolute Gasteiger partial charge is 0.461 e. The third-order valence-corrected chi connectivity index (χ3v) is 1.99. The molecule has 0 aromatic rings. The van der Waals surface area contributed by atoms with Crippen LogP contribution < -0.4 is 5.73 Å². The molecule has 10 heteroatoms. The molecule has 0 aromatic carbocycles. The second-order valence-electron chi connectivity index (χ2n) is 3.27. The Morgan fingerprint density at radius 2 is 2.00 bits per heavy atom. The molecule has 3 N–H and O–H groups in total. The summed E-state index contributed by atoms with van der Waals surface area (Å²) in [5.74, 6) is -1.32. The normalized spacial score (nSPS) is 12.4. The second kappa shape index (κ2) is 7.48. The third-order valence-electron chi connectivity index (χ3n) is 1.99. The molecule has 0 aliphatic heterocycles. The summed E-state index contributed by atoms with van der Waals surface area (Å²) in [6, 6.07) is 0. The van der Waals surface area contributed by atoms with E-state index in [1.807, 2.05) is 0 Å². The van der Waals surface area contributed by atoms with Crippen molar-refractivity contribution >= 4 is 18.0 Å². The summed E-state index contributed by atoms with van der Waals surface area (Å²) >= 11 is 0. The van der Waals surface area contributed by atoms with Crippen molar-refractivity contribution in [1.29, 1.82) is 5.41 Å². The number of nitrogens with zero attached hydrogens (tertiary/aromatic N) is 1. The average molecular weight is 297 g/mol. The van der Waals surface area contributed by atoms with Gasteiger partial charge in [-0.3, -0.25) is 10.2 Å². The number of alkyl halides is 3. The predicted octanol–water partition coefficient (Wildman–Crippen LogP) is 0.364. The lowest BCUT2D eigenvalue weighted by Gasteiger charge is -2.24. The van der Waals surface area contributed by atoms with Crippen molar-refractivity contribution in [2.24, 2.45) is 5.73 Å². The number of ether oxygens (including phenoxy) is 1. The summed E-state index contributed by atoms with van der Waals surface area (Å²) in [6.07, 6.45) is -4.78. The monoisotopic (exact) mass is 297 g/mol. The zero-order valence-electron chi connectivity index (χ0n) is 10.8. The van der Waals surface area contributed by atoms with Gasteiger partial charge in [-0.15, -0.1) is 0 Å². The molecule has 0 unspecified atom stereocenters. The Morgan fingerprint density at radius 3 is 2.35 bits per heavy atom. The molecule has 0 aliphatic rings. The van der Waals surface area contributed by atoms with Gasteiger partial charge in [-0.05, 0) is 6.92 Å². The number of hydroxylamine groups is 2. The first-order valence-electron chi connectivity index (χ1n) is 5.28. The zero-order valence-corrected chi connectivity index (χ0v) is 10.8. The van der Waals surface area contributed by atoms with E-state index in [9.17, 15) is 22.8 Å². The van der Waals surface area contributed by atoms with E-state index < -0.39 is 35.8 Å². The molecule has 0 radical (unpaired) electrons. The summed E-state index contributed by atoms with van der Waals surface area (Å²) in [6.45, 7) is 0.632. The Kier molecular flexibility index (Phi) is 6.69. The Hall–Kier alpha value is -2.10. The number of rotatable bonds is 7. The van der Waals surface area contributed by atoms with Gasteiger partial charge >= 0.3 is 12.1 Å². The van der Waals surface area contributed by atoms with Gasteiger partial charge in [-0.1, -0.05) is 0 Å². The lowest BCUT2D eigenvalue weighted by atomic mass is 10.2. The van der Waals surface area contributed by atoms with E-state index in [4.69, 9.17) is 11.1 Å². The van der Waals surface area contributed by atoms with Crippen LogP contribution >= 0.6 is 0 Å². The first kappa shape index (κ1) is 17.9.